The van der Waals surface area contributed by atoms with E-state index in [0.717, 1.165) is 10.9 Å². The molecule has 15 heteroatoms. The number of carbonyl (C=O) groups excluding carboxylic acids is 3. The van der Waals surface area contributed by atoms with Crippen LogP contribution >= 0.6 is 0 Å². The molecule has 42 heavy (non-hydrogen) atoms. The van der Waals surface area contributed by atoms with Crippen LogP contribution in [0.15, 0.2) is 35.5 Å². The number of guanidine groups is 1. The average Bonchev–Trinajstić information content (AvgIpc) is 3.31. The van der Waals surface area contributed by atoms with Gasteiger partial charge in [-0.05, 0) is 36.8 Å². The van der Waals surface area contributed by atoms with E-state index in [1.807, 2.05) is 24.3 Å². The summed E-state index contributed by atoms with van der Waals surface area (Å²) in [4.78, 5) is 69.3. The van der Waals surface area contributed by atoms with Crippen LogP contribution in [0.4, 0.5) is 0 Å². The number of amides is 3. The van der Waals surface area contributed by atoms with Crippen molar-refractivity contribution in [1.82, 2.24) is 20.9 Å². The third-order valence-electron chi connectivity index (χ3n) is 6.37. The van der Waals surface area contributed by atoms with Gasteiger partial charge in [0.15, 0.2) is 5.96 Å². The van der Waals surface area contributed by atoms with Crippen LogP contribution in [0.2, 0.25) is 0 Å². The molecule has 0 saturated carbocycles. The minimum absolute atomic E-state index is 0.0216. The molecule has 0 radical (unpaired) electrons. The first-order valence-electron chi connectivity index (χ1n) is 13.5. The van der Waals surface area contributed by atoms with Crippen molar-refractivity contribution in [2.45, 2.75) is 70.1 Å². The van der Waals surface area contributed by atoms with Gasteiger partial charge in [0.1, 0.15) is 18.1 Å². The Morgan fingerprint density at radius 2 is 1.55 bits per heavy atom. The van der Waals surface area contributed by atoms with Crippen LogP contribution in [-0.4, -0.2) is 81.5 Å². The number of aromatic nitrogens is 1. The molecule has 0 aliphatic rings. The third-order valence-corrected chi connectivity index (χ3v) is 6.37. The SMILES string of the molecule is CC(C)CC(NC(=O)C(CC(=O)O)NC(=O)C(N)CCCN=C(N)N)C(=O)NC(Cc1c[nH]c2ccccc12)C(=O)O. The van der Waals surface area contributed by atoms with Gasteiger partial charge in [0.2, 0.25) is 17.7 Å². The number of carbonyl (C=O) groups is 5. The molecule has 15 nitrogen and oxygen atoms in total. The topological polar surface area (TPSA) is 268 Å². The summed E-state index contributed by atoms with van der Waals surface area (Å²) in [6, 6.07) is 2.19. The highest BCUT2D eigenvalue weighted by molar-refractivity contribution is 5.95. The van der Waals surface area contributed by atoms with E-state index in [4.69, 9.17) is 17.2 Å². The minimum atomic E-state index is -1.54. The quantitative estimate of drug-likeness (QED) is 0.0627. The Morgan fingerprint density at radius 3 is 2.17 bits per heavy atom. The molecular formula is C27H40N8O7. The molecule has 1 aromatic heterocycles. The molecule has 4 atom stereocenters. The van der Waals surface area contributed by atoms with Gasteiger partial charge in [-0.2, -0.15) is 0 Å². The van der Waals surface area contributed by atoms with Crippen molar-refractivity contribution in [3.63, 3.8) is 0 Å². The number of fused-ring (bicyclic) bond motifs is 1. The molecule has 0 aliphatic heterocycles. The molecule has 3 amide bonds. The van der Waals surface area contributed by atoms with Crippen LogP contribution in [0.1, 0.15) is 45.1 Å². The fourth-order valence-electron chi connectivity index (χ4n) is 4.28. The molecule has 2 aromatic rings. The Bertz CT molecular complexity index is 1290. The van der Waals surface area contributed by atoms with Crippen LogP contribution in [0, 0.1) is 5.92 Å². The molecular weight excluding hydrogens is 548 g/mol. The van der Waals surface area contributed by atoms with E-state index in [2.05, 4.69) is 25.9 Å². The van der Waals surface area contributed by atoms with Gasteiger partial charge in [0, 0.05) is 30.1 Å². The lowest BCUT2D eigenvalue weighted by Gasteiger charge is -2.25. The minimum Gasteiger partial charge on any atom is -0.481 e. The number of H-pyrrole nitrogens is 1. The lowest BCUT2D eigenvalue weighted by atomic mass is 10.0. The zero-order chi connectivity index (χ0) is 31.4. The molecule has 12 N–H and O–H groups in total. The predicted molar refractivity (Wildman–Crippen MR) is 155 cm³/mol. The maximum Gasteiger partial charge on any atom is 0.326 e. The van der Waals surface area contributed by atoms with Gasteiger partial charge in [-0.15, -0.1) is 0 Å². The average molecular weight is 589 g/mol. The van der Waals surface area contributed by atoms with Crippen molar-refractivity contribution in [2.75, 3.05) is 6.54 Å². The molecule has 230 valence electrons. The molecule has 0 aliphatic carbocycles. The maximum atomic E-state index is 13.2. The summed E-state index contributed by atoms with van der Waals surface area (Å²) in [5.74, 6) is -5.32. The van der Waals surface area contributed by atoms with Gasteiger partial charge in [0.25, 0.3) is 0 Å². The Hall–Kier alpha value is -4.66. The van der Waals surface area contributed by atoms with E-state index in [-0.39, 0.29) is 37.7 Å². The maximum absolute atomic E-state index is 13.2. The summed E-state index contributed by atoms with van der Waals surface area (Å²) in [5.41, 5.74) is 17.9. The second-order valence-electron chi connectivity index (χ2n) is 10.4. The molecule has 1 heterocycles. The summed E-state index contributed by atoms with van der Waals surface area (Å²) < 4.78 is 0. The number of aliphatic carboxylic acids is 2. The number of aromatic amines is 1. The Kier molecular flexibility index (Phi) is 12.7. The van der Waals surface area contributed by atoms with Crippen molar-refractivity contribution >= 4 is 46.5 Å². The van der Waals surface area contributed by atoms with E-state index in [1.54, 1.807) is 20.0 Å². The number of hydrogen-bond acceptors (Lipinski definition) is 7. The van der Waals surface area contributed by atoms with Crippen LogP contribution in [0.3, 0.4) is 0 Å². The number of nitrogens with two attached hydrogens (primary N) is 3. The summed E-state index contributed by atoms with van der Waals surface area (Å²) >= 11 is 0. The van der Waals surface area contributed by atoms with Gasteiger partial charge in [-0.1, -0.05) is 32.0 Å². The first-order chi connectivity index (χ1) is 19.8. The van der Waals surface area contributed by atoms with E-state index in [1.165, 1.54) is 0 Å². The van der Waals surface area contributed by atoms with Crippen LogP contribution in [0.25, 0.3) is 10.9 Å². The first kappa shape index (κ1) is 33.5. The number of carboxylic acids is 2. The number of benzene rings is 1. The second kappa shape index (κ2) is 16.0. The summed E-state index contributed by atoms with van der Waals surface area (Å²) in [5, 5.41) is 27.3. The predicted octanol–water partition coefficient (Wildman–Crippen LogP) is -0.849. The standard InChI is InChI=1S/C27H40N8O7/c1-14(2)10-19(24(39)35-21(26(41)42)11-15-13-32-18-8-4-3-6-16(15)18)34-25(40)20(12-22(36)37)33-23(38)17(28)7-5-9-31-27(29)30/h3-4,6,8,13-14,17,19-21,32H,5,7,9-12,28H2,1-2H3,(H,33,38)(H,34,40)(H,35,39)(H,36,37)(H,41,42)(H4,29,30,31). The summed E-state index contributed by atoms with van der Waals surface area (Å²) in [6.07, 6.45) is 1.52. The Morgan fingerprint density at radius 1 is 0.929 bits per heavy atom. The van der Waals surface area contributed by atoms with Crippen LogP contribution in [0.5, 0.6) is 0 Å². The molecule has 0 spiro atoms. The summed E-state index contributed by atoms with van der Waals surface area (Å²) in [6.45, 7) is 3.82. The van der Waals surface area contributed by atoms with Crippen molar-refractivity contribution in [1.29, 1.82) is 0 Å². The molecule has 0 fully saturated rings. The number of nitrogens with one attached hydrogen (secondary N) is 4. The van der Waals surface area contributed by atoms with E-state index in [9.17, 15) is 34.2 Å². The highest BCUT2D eigenvalue weighted by atomic mass is 16.4. The molecule has 4 unspecified atom stereocenters. The van der Waals surface area contributed by atoms with E-state index in [0.29, 0.717) is 12.0 Å². The Labute approximate surface area is 242 Å². The van der Waals surface area contributed by atoms with Crippen LogP contribution in [-0.2, 0) is 30.4 Å². The number of hydrogen-bond donors (Lipinski definition) is 9. The highest BCUT2D eigenvalue weighted by Gasteiger charge is 2.32. The van der Waals surface area contributed by atoms with E-state index >= 15 is 0 Å². The monoisotopic (exact) mass is 588 g/mol. The molecule has 0 saturated heterocycles. The normalized spacial score (nSPS) is 13.9. The Balaban J connectivity index is 2.13. The smallest absolute Gasteiger partial charge is 0.326 e. The van der Waals surface area contributed by atoms with Gasteiger partial charge in [-0.25, -0.2) is 4.79 Å². The van der Waals surface area contributed by atoms with Crippen molar-refractivity contribution < 1.29 is 34.2 Å². The fourth-order valence-corrected chi connectivity index (χ4v) is 4.28. The van der Waals surface area contributed by atoms with Gasteiger partial charge in [-0.3, -0.25) is 24.2 Å². The van der Waals surface area contributed by atoms with Gasteiger partial charge < -0.3 is 48.3 Å². The highest BCUT2D eigenvalue weighted by Crippen LogP contribution is 2.19. The molecule has 1 aromatic carbocycles. The largest absolute Gasteiger partial charge is 0.481 e. The van der Waals surface area contributed by atoms with Gasteiger partial charge in [0.05, 0.1) is 12.5 Å². The fraction of sp³-hybridized carbons (Fsp3) is 0.481. The zero-order valence-corrected chi connectivity index (χ0v) is 23.6. The van der Waals surface area contributed by atoms with Gasteiger partial charge >= 0.3 is 11.9 Å². The number of aliphatic imine (C=N–C) groups is 1. The third kappa shape index (κ3) is 10.7. The zero-order valence-electron chi connectivity index (χ0n) is 23.6. The van der Waals surface area contributed by atoms with Crippen molar-refractivity contribution in [3.8, 4) is 0 Å². The van der Waals surface area contributed by atoms with Crippen LogP contribution < -0.4 is 33.2 Å². The number of carboxylic acid groups (broad SMARTS) is 2. The lowest BCUT2D eigenvalue weighted by Crippen LogP contribution is -2.57. The first-order valence-corrected chi connectivity index (χ1v) is 13.5. The van der Waals surface area contributed by atoms with Crippen molar-refractivity contribution in [2.24, 2.45) is 28.1 Å². The lowest BCUT2D eigenvalue weighted by molar-refractivity contribution is -0.143. The summed E-state index contributed by atoms with van der Waals surface area (Å²) in [7, 11) is 0. The number of para-hydroxylation sites is 1. The number of nitrogens with zero attached hydrogens (tertiary/aromatic N) is 1. The molecule has 0 bridgehead atoms. The van der Waals surface area contributed by atoms with E-state index < -0.39 is 60.2 Å². The second-order valence-corrected chi connectivity index (χ2v) is 10.4. The van der Waals surface area contributed by atoms with Crippen molar-refractivity contribution in [3.05, 3.63) is 36.0 Å². The molecule has 2 rings (SSSR count). The number of rotatable bonds is 17.